The van der Waals surface area contributed by atoms with Crippen LogP contribution in [-0.4, -0.2) is 64.4 Å². The highest BCUT2D eigenvalue weighted by Crippen LogP contribution is 2.46. The van der Waals surface area contributed by atoms with Gasteiger partial charge in [0.25, 0.3) is 0 Å². The summed E-state index contributed by atoms with van der Waals surface area (Å²) in [6.07, 6.45) is 0. The second kappa shape index (κ2) is 34.2. The fraction of sp³-hybridized carbons (Fsp3) is 0.0500. The zero-order valence-corrected chi connectivity index (χ0v) is 76.8. The average molecular weight is 1790 g/mol. The van der Waals surface area contributed by atoms with Crippen molar-refractivity contribution in [2.75, 3.05) is 0 Å². The number of hydrogen-bond donors (Lipinski definition) is 0. The largest absolute Gasteiger partial charge is 0.495 e. The third-order valence-electron chi connectivity index (χ3n) is 27.1. The quantitative estimate of drug-likeness (QED) is 0.0973. The van der Waals surface area contributed by atoms with Gasteiger partial charge in [0.15, 0.2) is 45.3 Å². The van der Waals surface area contributed by atoms with Crippen LogP contribution in [0.15, 0.2) is 458 Å². The van der Waals surface area contributed by atoms with Crippen molar-refractivity contribution in [2.45, 2.75) is 38.9 Å². The molecule has 0 spiro atoms. The fourth-order valence-electron chi connectivity index (χ4n) is 20.3. The normalized spacial score (nSPS) is 14.1. The number of nitrogens with zero attached hydrogens (tertiary/aromatic N) is 6. The van der Waals surface area contributed by atoms with Gasteiger partial charge in [-0.2, -0.15) is 9.97 Å². The number of rotatable bonds is 14. The van der Waals surface area contributed by atoms with Gasteiger partial charge in [-0.1, -0.05) is 406 Å². The highest BCUT2D eigenvalue weighted by Gasteiger charge is 2.56. The Bertz CT molecular complexity index is 8140. The van der Waals surface area contributed by atoms with Gasteiger partial charge in [-0.15, -0.1) is 0 Å². The van der Waals surface area contributed by atoms with Gasteiger partial charge in [-0.25, -0.2) is 19.9 Å². The van der Waals surface area contributed by atoms with Crippen molar-refractivity contribution in [3.8, 4) is 124 Å². The van der Waals surface area contributed by atoms with Gasteiger partial charge in [0.1, 0.15) is 22.3 Å². The van der Waals surface area contributed by atoms with E-state index < -0.39 is 34.5 Å². The molecule has 3 aliphatic heterocycles. The van der Waals surface area contributed by atoms with E-state index in [0.29, 0.717) is 29.1 Å². The van der Waals surface area contributed by atoms with Crippen molar-refractivity contribution >= 4 is 126 Å². The van der Waals surface area contributed by atoms with Gasteiger partial charge in [-0.05, 0) is 195 Å². The maximum absolute atomic E-state index is 6.75. The molecule has 7 heterocycles. The van der Waals surface area contributed by atoms with Crippen LogP contribution in [0, 0.1) is 0 Å². The molecule has 0 atom stereocenters. The summed E-state index contributed by atoms with van der Waals surface area (Å²) in [5, 5.41) is 15.1. The molecular formula is C120H94BClN6O4Si2. The number of furan rings is 2. The van der Waals surface area contributed by atoms with Gasteiger partial charge >= 0.3 is 7.12 Å². The summed E-state index contributed by atoms with van der Waals surface area (Å²) in [5.41, 5.74) is 22.1. The Hall–Kier alpha value is -15.7. The Labute approximate surface area is 797 Å². The van der Waals surface area contributed by atoms with Crippen molar-refractivity contribution in [1.29, 1.82) is 0 Å². The van der Waals surface area contributed by atoms with Crippen LogP contribution in [0.2, 0.25) is 5.28 Å². The van der Waals surface area contributed by atoms with Crippen molar-refractivity contribution < 1.29 is 30.0 Å². The van der Waals surface area contributed by atoms with Crippen LogP contribution in [0.5, 0.6) is 0 Å². The predicted molar refractivity (Wildman–Crippen MR) is 564 cm³/mol. The molecule has 0 bridgehead atoms. The lowest BCUT2D eigenvalue weighted by Gasteiger charge is -2.32. The molecule has 646 valence electrons. The lowest BCUT2D eigenvalue weighted by atomic mass is 9.73. The fourth-order valence-corrected chi connectivity index (χ4v) is 30.9. The molecular weight excluding hydrogens is 1690 g/mol. The summed E-state index contributed by atoms with van der Waals surface area (Å²) in [6.45, 7) is 8.54. The Kier molecular flexibility index (Phi) is 20.0. The topological polar surface area (TPSA) is 122 Å². The second-order valence-electron chi connectivity index (χ2n) is 35.3. The van der Waals surface area contributed by atoms with E-state index in [9.17, 15) is 0 Å². The van der Waals surface area contributed by atoms with Crippen molar-refractivity contribution in [3.63, 3.8) is 0 Å². The lowest BCUT2D eigenvalue weighted by molar-refractivity contribution is 0.00578. The minimum absolute atomic E-state index is 0.156. The molecule has 10 nitrogen and oxygen atoms in total. The van der Waals surface area contributed by atoms with Crippen molar-refractivity contribution in [3.05, 3.63) is 454 Å². The molecule has 25 rings (SSSR count). The summed E-state index contributed by atoms with van der Waals surface area (Å²) in [7, 11) is -6.01. The molecule has 1 saturated heterocycles. The molecule has 14 heteroatoms. The molecule has 3 aliphatic rings. The summed E-state index contributed by atoms with van der Waals surface area (Å²) >= 11 is 6.31. The van der Waals surface area contributed by atoms with Gasteiger partial charge in [0.05, 0.1) is 11.2 Å². The Morgan fingerprint density at radius 2 is 0.552 bits per heavy atom. The third-order valence-corrected chi connectivity index (χ3v) is 37.0. The van der Waals surface area contributed by atoms with E-state index >= 15 is 0 Å². The Morgan fingerprint density at radius 1 is 0.246 bits per heavy atom. The van der Waals surface area contributed by atoms with Gasteiger partial charge < -0.3 is 18.1 Å². The van der Waals surface area contributed by atoms with E-state index in [-0.39, 0.29) is 5.28 Å². The van der Waals surface area contributed by atoms with E-state index in [0.717, 1.165) is 111 Å². The minimum Gasteiger partial charge on any atom is -0.456 e. The van der Waals surface area contributed by atoms with Gasteiger partial charge in [0.2, 0.25) is 5.28 Å². The Morgan fingerprint density at radius 3 is 0.963 bits per heavy atom. The van der Waals surface area contributed by atoms with Crippen LogP contribution >= 0.6 is 11.6 Å². The van der Waals surface area contributed by atoms with Crippen LogP contribution in [0.4, 0.5) is 0 Å². The summed E-state index contributed by atoms with van der Waals surface area (Å²) in [5.74, 6) is 2.88. The lowest BCUT2D eigenvalue weighted by Crippen LogP contribution is -2.73. The molecule has 134 heavy (non-hydrogen) atoms. The molecule has 1 fully saturated rings. The summed E-state index contributed by atoms with van der Waals surface area (Å²) in [6, 6.07) is 159. The van der Waals surface area contributed by atoms with Crippen LogP contribution in [0.3, 0.4) is 0 Å². The summed E-state index contributed by atoms with van der Waals surface area (Å²) in [4.78, 5) is 29.8. The average Bonchev–Trinajstić information content (AvgIpc) is 1.53. The highest BCUT2D eigenvalue weighted by atomic mass is 35.5. The smallest absolute Gasteiger partial charge is 0.456 e. The Balaban J connectivity index is 0.000000138. The first kappa shape index (κ1) is 78.2. The van der Waals surface area contributed by atoms with E-state index in [1.807, 2.05) is 109 Å². The monoisotopic (exact) mass is 1790 g/mol. The number of hydrogen-bond acceptors (Lipinski definition) is 10. The first-order chi connectivity index (χ1) is 69.8. The highest BCUT2D eigenvalue weighted by molar-refractivity contribution is 7.23. The zero-order valence-electron chi connectivity index (χ0n) is 82.0. The molecule has 0 N–H and O–H groups in total. The maximum Gasteiger partial charge on any atom is 0.495 e. The predicted octanol–water partition coefficient (Wildman–Crippen LogP) is 24.9. The molecule has 22 aromatic rings. The van der Waals surface area contributed by atoms with E-state index in [1.165, 1.54) is 74.9 Å². The standard InChI is InChI=1S/C57H37N3OSi.C36H33BO2Si.C27H16ClN3O.4H2/c1-6-19-38(20-7-1)41-33-34-49-47(35-41)53-46(30-18-31-50(53)61-49)56-58-55(40-23-10-3-11-24-40)59-57(60-56)48-36-42(39-21-8-2-9-22-39)37-52-54(48)45-29-16-17-32-51(45)62(52,43-25-12-4-13-26-43)44-27-14-5-15-28-44;1-35(2)36(3,4)39-37(38-35)31-24-27(26-16-8-5-9-17-26)25-33-34(31)30-22-14-15-23-32(30)40(33,28-18-10-6-11-19-28)29-20-12-7-13-21-29;28-27-30-25(18-10-5-2-6-11-18)29-26(31-27)20-12-7-13-23-24(20)21-16-19(14-15-22(21)32-23)17-8-3-1-4-9-17;;;;/h1-37H;5-25H,1-4H3;1-16H;4*1H/i;;;4*1+1D. The van der Waals surface area contributed by atoms with Crippen LogP contribution in [0.1, 0.15) is 39.6 Å². The number of fused-ring (bicyclic) bond motifs is 12. The van der Waals surface area contributed by atoms with E-state index in [4.69, 9.17) is 61.6 Å². The number of halogens is 1. The SMILES string of the molecule is CC1(C)OB(c2cc(-c3ccccc3)cc3c2-c2ccccc2[Si]3(c2ccccc2)c2ccccc2)OC1(C)C.Clc1nc(-c2ccccc2)nc(-c2cccc3oc4ccc(-c5ccccc5)cc4c23)n1.[2H][2H].[2H][2H].[2H][2H].[2H][2H].c1ccc(-c2cc(-c3nc(-c4ccccc4)nc(-c4cccc5oc6ccc(-c7ccccc7)cc6c45)n3)c3c(c2)[Si](c2ccccc2)(c2ccccc2)c2ccccc2-3)cc1. The number of aromatic nitrogens is 6. The molecule has 0 amide bonds. The molecule has 0 unspecified atom stereocenters. The summed E-state index contributed by atoms with van der Waals surface area (Å²) < 4.78 is 66.2. The van der Waals surface area contributed by atoms with Crippen LogP contribution in [-0.2, 0) is 9.31 Å². The molecule has 18 aromatic carbocycles. The van der Waals surface area contributed by atoms with E-state index in [2.05, 4.69) is 377 Å². The zero-order chi connectivity index (χ0) is 98.1. The van der Waals surface area contributed by atoms with Crippen molar-refractivity contribution in [1.82, 2.24) is 29.9 Å². The molecule has 4 aromatic heterocycles. The molecule has 0 radical (unpaired) electrons. The second-order valence-corrected chi connectivity index (χ2v) is 43.1. The first-order valence-corrected chi connectivity index (χ1v) is 49.8. The van der Waals surface area contributed by atoms with Crippen LogP contribution < -0.4 is 47.0 Å². The first-order valence-electron chi connectivity index (χ1n) is 49.4. The third kappa shape index (κ3) is 14.4. The molecule has 0 aliphatic carbocycles. The van der Waals surface area contributed by atoms with Gasteiger partial charge in [0, 0.05) is 61.2 Å². The minimum atomic E-state index is -2.88. The van der Waals surface area contributed by atoms with Gasteiger partial charge in [-0.3, -0.25) is 0 Å². The van der Waals surface area contributed by atoms with E-state index in [1.54, 1.807) is 0 Å². The van der Waals surface area contributed by atoms with Crippen molar-refractivity contribution in [2.24, 2.45) is 0 Å². The number of benzene rings is 18. The molecule has 0 saturated carbocycles. The maximum atomic E-state index is 6.75. The van der Waals surface area contributed by atoms with Crippen LogP contribution in [0.25, 0.3) is 168 Å².